The van der Waals surface area contributed by atoms with Crippen molar-refractivity contribution >= 4 is 0 Å². The van der Waals surface area contributed by atoms with Gasteiger partial charge in [0.05, 0.1) is 0 Å². The molecule has 0 aromatic heterocycles. The Balaban J connectivity index is 0.000000671. The van der Waals surface area contributed by atoms with Gasteiger partial charge in [-0.15, -0.1) is 0 Å². The van der Waals surface area contributed by atoms with Crippen molar-refractivity contribution in [2.75, 3.05) is 33.2 Å². The van der Waals surface area contributed by atoms with Gasteiger partial charge in [0.2, 0.25) is 0 Å². The molecule has 0 radical (unpaired) electrons. The number of hydrogen-bond acceptors (Lipinski definition) is 2. The zero-order valence-electron chi connectivity index (χ0n) is 9.77. The topological polar surface area (TPSA) is 15.3 Å². The van der Waals surface area contributed by atoms with E-state index in [2.05, 4.69) is 17.1 Å². The van der Waals surface area contributed by atoms with Crippen LogP contribution in [-0.4, -0.2) is 38.1 Å². The average Bonchev–Trinajstić information content (AvgIpc) is 2.20. The van der Waals surface area contributed by atoms with Crippen molar-refractivity contribution in [1.82, 2.24) is 10.2 Å². The maximum absolute atomic E-state index is 3.18. The minimum atomic E-state index is 0.959. The first-order chi connectivity index (χ1) is 6.33. The van der Waals surface area contributed by atoms with Crippen LogP contribution in [-0.2, 0) is 0 Å². The highest BCUT2D eigenvalue weighted by Gasteiger charge is 2.14. The van der Waals surface area contributed by atoms with Crippen molar-refractivity contribution in [3.05, 3.63) is 0 Å². The lowest BCUT2D eigenvalue weighted by Crippen LogP contribution is -2.37. The van der Waals surface area contributed by atoms with Gasteiger partial charge < -0.3 is 10.2 Å². The number of nitrogens with zero attached hydrogens (tertiary/aromatic N) is 1. The average molecular weight is 186 g/mol. The van der Waals surface area contributed by atoms with Gasteiger partial charge in [-0.3, -0.25) is 0 Å². The van der Waals surface area contributed by atoms with Gasteiger partial charge in [0.15, 0.2) is 0 Å². The lowest BCUT2D eigenvalue weighted by atomic mass is 9.99. The van der Waals surface area contributed by atoms with E-state index >= 15 is 0 Å². The van der Waals surface area contributed by atoms with Crippen LogP contribution in [0.2, 0.25) is 0 Å². The second-order valence-corrected chi connectivity index (χ2v) is 3.63. The standard InChI is InChI=1S/C9H20N2.C2H6/c1-9-3-6-11(7-4-9)8-5-10-2;1-2/h9-10H,3-8H2,1-2H3;1-2H3. The Morgan fingerprint density at radius 3 is 2.23 bits per heavy atom. The van der Waals surface area contributed by atoms with Gasteiger partial charge in [-0.25, -0.2) is 0 Å². The molecule has 1 N–H and O–H groups in total. The van der Waals surface area contributed by atoms with E-state index in [0.717, 1.165) is 12.5 Å². The number of likely N-dealkylation sites (tertiary alicyclic amines) is 1. The minimum absolute atomic E-state index is 0.959. The minimum Gasteiger partial charge on any atom is -0.318 e. The highest BCUT2D eigenvalue weighted by molar-refractivity contribution is 4.69. The summed E-state index contributed by atoms with van der Waals surface area (Å²) in [5.41, 5.74) is 0. The van der Waals surface area contributed by atoms with Crippen molar-refractivity contribution in [3.8, 4) is 0 Å². The zero-order chi connectivity index (χ0) is 10.1. The second-order valence-electron chi connectivity index (χ2n) is 3.63. The normalized spacial score (nSPS) is 19.4. The summed E-state index contributed by atoms with van der Waals surface area (Å²) in [6, 6.07) is 0. The van der Waals surface area contributed by atoms with E-state index in [4.69, 9.17) is 0 Å². The van der Waals surface area contributed by atoms with E-state index < -0.39 is 0 Å². The Kier molecular flexibility index (Phi) is 8.46. The summed E-state index contributed by atoms with van der Waals surface area (Å²) >= 11 is 0. The van der Waals surface area contributed by atoms with Crippen LogP contribution in [0.1, 0.15) is 33.6 Å². The molecular weight excluding hydrogens is 160 g/mol. The molecule has 0 bridgehead atoms. The summed E-state index contributed by atoms with van der Waals surface area (Å²) < 4.78 is 0. The predicted octanol–water partition coefficient (Wildman–Crippen LogP) is 1.96. The van der Waals surface area contributed by atoms with Crippen LogP contribution in [0.5, 0.6) is 0 Å². The Bertz CT molecular complexity index is 93.5. The van der Waals surface area contributed by atoms with E-state index in [1.54, 1.807) is 0 Å². The predicted molar refractivity (Wildman–Crippen MR) is 60.1 cm³/mol. The second kappa shape index (κ2) is 8.52. The maximum Gasteiger partial charge on any atom is 0.0107 e. The summed E-state index contributed by atoms with van der Waals surface area (Å²) in [4.78, 5) is 2.55. The molecule has 0 saturated carbocycles. The molecule has 13 heavy (non-hydrogen) atoms. The molecule has 1 fully saturated rings. The van der Waals surface area contributed by atoms with Gasteiger partial charge in [0.25, 0.3) is 0 Å². The van der Waals surface area contributed by atoms with Crippen molar-refractivity contribution in [1.29, 1.82) is 0 Å². The van der Waals surface area contributed by atoms with E-state index in [1.807, 2.05) is 20.9 Å². The fraction of sp³-hybridized carbons (Fsp3) is 1.00. The number of rotatable bonds is 3. The summed E-state index contributed by atoms with van der Waals surface area (Å²) in [5.74, 6) is 0.959. The van der Waals surface area contributed by atoms with E-state index in [1.165, 1.54) is 32.5 Å². The first-order valence-electron chi connectivity index (χ1n) is 5.70. The smallest absolute Gasteiger partial charge is 0.0107 e. The van der Waals surface area contributed by atoms with Crippen LogP contribution in [0.4, 0.5) is 0 Å². The monoisotopic (exact) mass is 186 g/mol. The lowest BCUT2D eigenvalue weighted by molar-refractivity contribution is 0.194. The molecule has 0 atom stereocenters. The molecule has 2 heteroatoms. The van der Waals surface area contributed by atoms with Crippen molar-refractivity contribution in [3.63, 3.8) is 0 Å². The molecule has 0 amide bonds. The molecule has 1 aliphatic heterocycles. The van der Waals surface area contributed by atoms with Gasteiger partial charge in [-0.2, -0.15) is 0 Å². The summed E-state index contributed by atoms with van der Waals surface area (Å²) in [6.07, 6.45) is 2.79. The lowest BCUT2D eigenvalue weighted by Gasteiger charge is -2.29. The molecule has 0 unspecified atom stereocenters. The SMILES string of the molecule is CC.CNCCN1CCC(C)CC1. The Morgan fingerprint density at radius 1 is 1.23 bits per heavy atom. The molecule has 0 aliphatic carbocycles. The van der Waals surface area contributed by atoms with E-state index in [9.17, 15) is 0 Å². The van der Waals surface area contributed by atoms with Crippen LogP contribution in [0, 0.1) is 5.92 Å². The highest BCUT2D eigenvalue weighted by Crippen LogP contribution is 2.14. The third kappa shape index (κ3) is 6.05. The molecule has 0 spiro atoms. The molecule has 0 aromatic carbocycles. The van der Waals surface area contributed by atoms with Gasteiger partial charge in [-0.1, -0.05) is 20.8 Å². The number of piperidine rings is 1. The van der Waals surface area contributed by atoms with Crippen LogP contribution in [0.25, 0.3) is 0 Å². The third-order valence-corrected chi connectivity index (χ3v) is 2.55. The summed E-state index contributed by atoms with van der Waals surface area (Å²) in [5, 5.41) is 3.18. The van der Waals surface area contributed by atoms with E-state index in [0.29, 0.717) is 0 Å². The fourth-order valence-electron chi connectivity index (χ4n) is 1.56. The maximum atomic E-state index is 3.18. The molecule has 2 nitrogen and oxygen atoms in total. The van der Waals surface area contributed by atoms with Crippen molar-refractivity contribution in [2.24, 2.45) is 5.92 Å². The Hall–Kier alpha value is -0.0800. The van der Waals surface area contributed by atoms with Crippen molar-refractivity contribution < 1.29 is 0 Å². The van der Waals surface area contributed by atoms with Gasteiger partial charge >= 0.3 is 0 Å². The summed E-state index contributed by atoms with van der Waals surface area (Å²) in [6.45, 7) is 11.3. The Morgan fingerprint density at radius 2 is 1.77 bits per heavy atom. The zero-order valence-corrected chi connectivity index (χ0v) is 9.77. The van der Waals surface area contributed by atoms with Crippen LogP contribution < -0.4 is 5.32 Å². The van der Waals surface area contributed by atoms with Gasteiger partial charge in [0, 0.05) is 13.1 Å². The molecule has 1 saturated heterocycles. The number of likely N-dealkylation sites (N-methyl/N-ethyl adjacent to an activating group) is 1. The first-order valence-corrected chi connectivity index (χ1v) is 5.70. The molecule has 80 valence electrons. The molecule has 1 aliphatic rings. The van der Waals surface area contributed by atoms with Gasteiger partial charge in [0.1, 0.15) is 0 Å². The van der Waals surface area contributed by atoms with Crippen LogP contribution in [0.15, 0.2) is 0 Å². The third-order valence-electron chi connectivity index (χ3n) is 2.55. The fourth-order valence-corrected chi connectivity index (χ4v) is 1.56. The molecule has 1 heterocycles. The summed E-state index contributed by atoms with van der Waals surface area (Å²) in [7, 11) is 2.02. The molecule has 1 rings (SSSR count). The molecule has 0 aromatic rings. The van der Waals surface area contributed by atoms with Gasteiger partial charge in [-0.05, 0) is 38.9 Å². The molecular formula is C11H26N2. The highest BCUT2D eigenvalue weighted by atomic mass is 15.1. The quantitative estimate of drug-likeness (QED) is 0.725. The van der Waals surface area contributed by atoms with Crippen LogP contribution in [0.3, 0.4) is 0 Å². The first kappa shape index (κ1) is 12.9. The Labute approximate surface area is 83.7 Å². The number of hydrogen-bond donors (Lipinski definition) is 1. The largest absolute Gasteiger partial charge is 0.318 e. The van der Waals surface area contributed by atoms with Crippen LogP contribution >= 0.6 is 0 Å². The van der Waals surface area contributed by atoms with E-state index in [-0.39, 0.29) is 0 Å². The number of nitrogens with one attached hydrogen (secondary N) is 1. The van der Waals surface area contributed by atoms with Crippen molar-refractivity contribution in [2.45, 2.75) is 33.6 Å².